The number of anilines is 1. The van der Waals surface area contributed by atoms with E-state index in [0.29, 0.717) is 11.8 Å². The Balaban J connectivity index is 1.33. The van der Waals surface area contributed by atoms with Gasteiger partial charge in [0.05, 0.1) is 23.9 Å². The van der Waals surface area contributed by atoms with Gasteiger partial charge in [-0.05, 0) is 6.07 Å². The molecule has 2 atom stereocenters. The van der Waals surface area contributed by atoms with Gasteiger partial charge in [0.25, 0.3) is 0 Å². The zero-order chi connectivity index (χ0) is 17.9. The van der Waals surface area contributed by atoms with Crippen molar-refractivity contribution in [2.45, 2.75) is 18.9 Å². The van der Waals surface area contributed by atoms with Crippen LogP contribution in [-0.4, -0.2) is 45.5 Å². The fourth-order valence-corrected chi connectivity index (χ4v) is 3.65. The molecule has 0 aromatic carbocycles. The summed E-state index contributed by atoms with van der Waals surface area (Å²) in [6.45, 7) is 4.65. The Bertz CT molecular complexity index is 862. The van der Waals surface area contributed by atoms with Crippen molar-refractivity contribution in [3.05, 3.63) is 41.2 Å². The highest BCUT2D eigenvalue weighted by atomic mass is 32.1. The third-order valence-electron chi connectivity index (χ3n) is 4.45. The van der Waals surface area contributed by atoms with Gasteiger partial charge >= 0.3 is 0 Å². The molecule has 0 saturated heterocycles. The van der Waals surface area contributed by atoms with Crippen molar-refractivity contribution in [1.82, 2.24) is 25.1 Å². The summed E-state index contributed by atoms with van der Waals surface area (Å²) in [4.78, 5) is 9.92. The standard InChI is InChI=1S/C18H22N6OS/c1-12(17-9-20-11-26-17)4-19-7-15-8-21-16-3-13(5-22-18(16)25-15)14-6-23-24(2)10-14/h3,5-6,9-12,15,19,21H,4,7-8H2,1-2H3. The van der Waals surface area contributed by atoms with Crippen LogP contribution >= 0.6 is 11.3 Å². The second kappa shape index (κ2) is 7.43. The van der Waals surface area contributed by atoms with Gasteiger partial charge in [0.2, 0.25) is 5.88 Å². The minimum absolute atomic E-state index is 0.0629. The molecule has 7 nitrogen and oxygen atoms in total. The zero-order valence-electron chi connectivity index (χ0n) is 14.8. The number of aryl methyl sites for hydroxylation is 1. The molecule has 3 aromatic rings. The average molecular weight is 370 g/mol. The quantitative estimate of drug-likeness (QED) is 0.694. The molecule has 4 rings (SSSR count). The van der Waals surface area contributed by atoms with Crippen LogP contribution in [0.15, 0.2) is 36.4 Å². The molecule has 3 aromatic heterocycles. The third-order valence-corrected chi connectivity index (χ3v) is 5.45. The molecule has 1 aliphatic rings. The highest BCUT2D eigenvalue weighted by molar-refractivity contribution is 7.09. The third kappa shape index (κ3) is 3.71. The lowest BCUT2D eigenvalue weighted by molar-refractivity contribution is 0.193. The Morgan fingerprint density at radius 1 is 1.38 bits per heavy atom. The van der Waals surface area contributed by atoms with Crippen LogP contribution in [0, 0.1) is 0 Å². The van der Waals surface area contributed by atoms with Gasteiger partial charge < -0.3 is 15.4 Å². The molecule has 4 heterocycles. The number of nitrogens with one attached hydrogen (secondary N) is 2. The summed E-state index contributed by atoms with van der Waals surface area (Å²) in [5, 5.41) is 11.1. The molecule has 0 fully saturated rings. The summed E-state index contributed by atoms with van der Waals surface area (Å²) in [6, 6.07) is 2.06. The maximum Gasteiger partial charge on any atom is 0.237 e. The number of thiazole rings is 1. The highest BCUT2D eigenvalue weighted by Gasteiger charge is 2.21. The molecule has 0 radical (unpaired) electrons. The Morgan fingerprint density at radius 3 is 3.08 bits per heavy atom. The van der Waals surface area contributed by atoms with Crippen LogP contribution in [0.5, 0.6) is 5.88 Å². The Kier molecular flexibility index (Phi) is 4.85. The molecule has 0 aliphatic carbocycles. The van der Waals surface area contributed by atoms with Crippen LogP contribution in [0.1, 0.15) is 17.7 Å². The molecule has 0 spiro atoms. The molecule has 26 heavy (non-hydrogen) atoms. The number of hydrogen-bond acceptors (Lipinski definition) is 7. The number of hydrogen-bond donors (Lipinski definition) is 2. The molecule has 1 aliphatic heterocycles. The Morgan fingerprint density at radius 2 is 2.31 bits per heavy atom. The monoisotopic (exact) mass is 370 g/mol. The second-order valence-electron chi connectivity index (χ2n) is 6.56. The van der Waals surface area contributed by atoms with Gasteiger partial charge in [0.1, 0.15) is 6.10 Å². The lowest BCUT2D eigenvalue weighted by atomic mass is 10.1. The lowest BCUT2D eigenvalue weighted by Crippen LogP contribution is -2.40. The summed E-state index contributed by atoms with van der Waals surface area (Å²) in [7, 11) is 1.91. The van der Waals surface area contributed by atoms with Crippen molar-refractivity contribution in [2.75, 3.05) is 25.0 Å². The molecule has 0 saturated carbocycles. The predicted octanol–water partition coefficient (Wildman–Crippen LogP) is 2.50. The molecular formula is C18H22N6OS. The maximum atomic E-state index is 6.03. The lowest BCUT2D eigenvalue weighted by Gasteiger charge is -2.27. The van der Waals surface area contributed by atoms with Crippen molar-refractivity contribution >= 4 is 17.0 Å². The van der Waals surface area contributed by atoms with Gasteiger partial charge in [-0.25, -0.2) is 4.98 Å². The SMILES string of the molecule is CC(CNCC1CNc2cc(-c3cnn(C)c3)cnc2O1)c1cncs1. The number of aromatic nitrogens is 4. The van der Waals surface area contributed by atoms with Gasteiger partial charge in [-0.1, -0.05) is 6.92 Å². The summed E-state index contributed by atoms with van der Waals surface area (Å²) in [5.41, 5.74) is 4.89. The predicted molar refractivity (Wildman–Crippen MR) is 103 cm³/mol. The van der Waals surface area contributed by atoms with Crippen LogP contribution in [0.3, 0.4) is 0 Å². The van der Waals surface area contributed by atoms with E-state index in [1.165, 1.54) is 4.88 Å². The molecule has 2 unspecified atom stereocenters. The minimum Gasteiger partial charge on any atom is -0.470 e. The van der Waals surface area contributed by atoms with Crippen molar-refractivity contribution in [1.29, 1.82) is 0 Å². The van der Waals surface area contributed by atoms with Crippen LogP contribution in [0.4, 0.5) is 5.69 Å². The van der Waals surface area contributed by atoms with Crippen molar-refractivity contribution in [3.8, 4) is 17.0 Å². The minimum atomic E-state index is 0.0629. The van der Waals surface area contributed by atoms with Crippen molar-refractivity contribution in [3.63, 3.8) is 0 Å². The molecule has 2 N–H and O–H groups in total. The molecule has 136 valence electrons. The summed E-state index contributed by atoms with van der Waals surface area (Å²) in [5.74, 6) is 1.11. The Labute approximate surface area is 156 Å². The largest absolute Gasteiger partial charge is 0.470 e. The van der Waals surface area contributed by atoms with E-state index in [9.17, 15) is 0 Å². The molecule has 8 heteroatoms. The van der Waals surface area contributed by atoms with Gasteiger partial charge in [-0.3, -0.25) is 9.67 Å². The van der Waals surface area contributed by atoms with Crippen LogP contribution < -0.4 is 15.4 Å². The van der Waals surface area contributed by atoms with Gasteiger partial charge in [-0.15, -0.1) is 11.3 Å². The van der Waals surface area contributed by atoms with E-state index in [0.717, 1.165) is 36.4 Å². The van der Waals surface area contributed by atoms with E-state index < -0.39 is 0 Å². The topological polar surface area (TPSA) is 76.9 Å². The van der Waals surface area contributed by atoms with Crippen LogP contribution in [0.2, 0.25) is 0 Å². The number of ether oxygens (including phenoxy) is 1. The fraction of sp³-hybridized carbons (Fsp3) is 0.389. The normalized spacial score (nSPS) is 17.2. The first-order valence-electron chi connectivity index (χ1n) is 8.67. The molecule has 0 bridgehead atoms. The van der Waals surface area contributed by atoms with Crippen molar-refractivity contribution in [2.24, 2.45) is 7.05 Å². The van der Waals surface area contributed by atoms with Gasteiger partial charge in [0, 0.05) is 60.6 Å². The van der Waals surface area contributed by atoms with E-state index in [2.05, 4.69) is 38.7 Å². The first-order chi connectivity index (χ1) is 12.7. The van der Waals surface area contributed by atoms with E-state index in [1.54, 1.807) is 16.0 Å². The zero-order valence-corrected chi connectivity index (χ0v) is 15.7. The first-order valence-corrected chi connectivity index (χ1v) is 9.55. The summed E-state index contributed by atoms with van der Waals surface area (Å²) in [6.07, 6.45) is 7.65. The number of nitrogens with zero attached hydrogens (tertiary/aromatic N) is 4. The van der Waals surface area contributed by atoms with Gasteiger partial charge in [-0.2, -0.15) is 5.10 Å². The van der Waals surface area contributed by atoms with Crippen LogP contribution in [0.25, 0.3) is 11.1 Å². The smallest absolute Gasteiger partial charge is 0.237 e. The fourth-order valence-electron chi connectivity index (χ4n) is 2.97. The highest BCUT2D eigenvalue weighted by Crippen LogP contribution is 2.31. The van der Waals surface area contributed by atoms with Crippen molar-refractivity contribution < 1.29 is 4.74 Å². The van der Waals surface area contributed by atoms with E-state index >= 15 is 0 Å². The van der Waals surface area contributed by atoms with Crippen LogP contribution in [-0.2, 0) is 7.05 Å². The van der Waals surface area contributed by atoms with E-state index in [-0.39, 0.29) is 6.10 Å². The number of rotatable bonds is 6. The number of fused-ring (bicyclic) bond motifs is 1. The number of pyridine rings is 1. The Hall–Kier alpha value is -2.45. The average Bonchev–Trinajstić information content (AvgIpc) is 3.33. The molecule has 0 amide bonds. The second-order valence-corrected chi connectivity index (χ2v) is 7.48. The van der Waals surface area contributed by atoms with Gasteiger partial charge in [0.15, 0.2) is 0 Å². The van der Waals surface area contributed by atoms with E-state index in [4.69, 9.17) is 4.74 Å². The molecular weight excluding hydrogens is 348 g/mol. The summed E-state index contributed by atoms with van der Waals surface area (Å²) < 4.78 is 7.82. The summed E-state index contributed by atoms with van der Waals surface area (Å²) >= 11 is 1.70. The first kappa shape index (κ1) is 17.0. The maximum absolute atomic E-state index is 6.03. The van der Waals surface area contributed by atoms with E-state index in [1.807, 2.05) is 37.3 Å².